The van der Waals surface area contributed by atoms with Crippen LogP contribution in [0.5, 0.6) is 0 Å². The zero-order chi connectivity index (χ0) is 24.4. The van der Waals surface area contributed by atoms with Gasteiger partial charge in [-0.15, -0.1) is 0 Å². The van der Waals surface area contributed by atoms with E-state index in [1.807, 2.05) is 0 Å². The van der Waals surface area contributed by atoms with Crippen molar-refractivity contribution in [3.8, 4) is 0 Å². The van der Waals surface area contributed by atoms with Crippen molar-refractivity contribution in [3.63, 3.8) is 0 Å². The highest BCUT2D eigenvalue weighted by atomic mass is 16.4. The molecule has 0 saturated heterocycles. The Kier molecular flexibility index (Phi) is 6.28. The second kappa shape index (κ2) is 8.27. The second-order valence-corrected chi connectivity index (χ2v) is 13.7. The fraction of sp³-hybridized carbons (Fsp3) is 0.839. The van der Waals surface area contributed by atoms with Crippen molar-refractivity contribution in [1.29, 1.82) is 0 Å². The first-order valence-electron chi connectivity index (χ1n) is 13.9. The van der Waals surface area contributed by atoms with Gasteiger partial charge < -0.3 is 5.11 Å². The SMILES string of the molecule is C=C(CCC(C)C1CCC2(C)C3CCC(C(=C)C)C4(CCC(=O)O)CC34CCC12C)C(C)C. The minimum absolute atomic E-state index is 0.211. The summed E-state index contributed by atoms with van der Waals surface area (Å²) in [5.74, 6) is 2.82. The molecule has 0 heterocycles. The summed E-state index contributed by atoms with van der Waals surface area (Å²) in [6, 6.07) is 0. The lowest BCUT2D eigenvalue weighted by molar-refractivity contribution is -0.139. The number of fused-ring (bicyclic) bond motifs is 2. The van der Waals surface area contributed by atoms with E-state index in [2.05, 4.69) is 54.7 Å². The Morgan fingerprint density at radius 3 is 2.30 bits per heavy atom. The van der Waals surface area contributed by atoms with Crippen molar-refractivity contribution < 1.29 is 9.90 Å². The van der Waals surface area contributed by atoms with Gasteiger partial charge in [0.05, 0.1) is 0 Å². The first-order valence-corrected chi connectivity index (χ1v) is 13.9. The highest BCUT2D eigenvalue weighted by Crippen LogP contribution is 2.87. The van der Waals surface area contributed by atoms with E-state index in [4.69, 9.17) is 0 Å². The first-order chi connectivity index (χ1) is 15.3. The maximum Gasteiger partial charge on any atom is 0.303 e. The molecule has 4 aliphatic carbocycles. The van der Waals surface area contributed by atoms with Gasteiger partial charge in [-0.2, -0.15) is 0 Å². The first kappa shape index (κ1) is 25.1. The van der Waals surface area contributed by atoms with Crippen LogP contribution in [-0.4, -0.2) is 11.1 Å². The van der Waals surface area contributed by atoms with Gasteiger partial charge in [0.15, 0.2) is 0 Å². The fourth-order valence-electron chi connectivity index (χ4n) is 10.2. The lowest BCUT2D eigenvalue weighted by Crippen LogP contribution is -2.54. The zero-order valence-electron chi connectivity index (χ0n) is 22.4. The van der Waals surface area contributed by atoms with Crippen LogP contribution in [0.25, 0.3) is 0 Å². The van der Waals surface area contributed by atoms with Crippen LogP contribution in [0, 0.1) is 51.2 Å². The average Bonchev–Trinajstić information content (AvgIpc) is 3.33. The molecule has 4 aliphatic rings. The monoisotopic (exact) mass is 454 g/mol. The molecule has 1 N–H and O–H groups in total. The Labute approximate surface area is 203 Å². The van der Waals surface area contributed by atoms with Gasteiger partial charge >= 0.3 is 5.97 Å². The minimum Gasteiger partial charge on any atom is -0.481 e. The number of rotatable bonds is 9. The van der Waals surface area contributed by atoms with Gasteiger partial charge in [0.2, 0.25) is 0 Å². The van der Waals surface area contributed by atoms with Gasteiger partial charge in [0, 0.05) is 6.42 Å². The second-order valence-electron chi connectivity index (χ2n) is 13.7. The summed E-state index contributed by atoms with van der Waals surface area (Å²) in [6.45, 7) is 23.3. The topological polar surface area (TPSA) is 37.3 Å². The molecule has 0 bridgehead atoms. The van der Waals surface area contributed by atoms with E-state index in [-0.39, 0.29) is 5.41 Å². The third kappa shape index (κ3) is 3.51. The third-order valence-corrected chi connectivity index (χ3v) is 12.3. The van der Waals surface area contributed by atoms with E-state index < -0.39 is 5.97 Å². The Balaban J connectivity index is 1.58. The number of hydrogen-bond donors (Lipinski definition) is 1. The molecule has 2 heteroatoms. The molecule has 4 fully saturated rings. The molecule has 33 heavy (non-hydrogen) atoms. The molecule has 8 atom stereocenters. The van der Waals surface area contributed by atoms with E-state index in [1.54, 1.807) is 0 Å². The fourth-order valence-corrected chi connectivity index (χ4v) is 10.2. The molecule has 0 amide bonds. The molecule has 0 aromatic heterocycles. The predicted octanol–water partition coefficient (Wildman–Crippen LogP) is 8.67. The Morgan fingerprint density at radius 2 is 1.70 bits per heavy atom. The molecule has 0 aromatic carbocycles. The van der Waals surface area contributed by atoms with E-state index in [0.29, 0.717) is 34.5 Å². The van der Waals surface area contributed by atoms with E-state index in [9.17, 15) is 9.90 Å². The molecular formula is C31H50O2. The van der Waals surface area contributed by atoms with Crippen LogP contribution >= 0.6 is 0 Å². The van der Waals surface area contributed by atoms with Gasteiger partial charge in [-0.3, -0.25) is 4.79 Å². The largest absolute Gasteiger partial charge is 0.481 e. The van der Waals surface area contributed by atoms with Crippen molar-refractivity contribution in [2.24, 2.45) is 51.2 Å². The highest BCUT2D eigenvalue weighted by molar-refractivity contribution is 5.67. The van der Waals surface area contributed by atoms with Crippen molar-refractivity contribution >= 4 is 5.97 Å². The molecule has 4 rings (SSSR count). The summed E-state index contributed by atoms with van der Waals surface area (Å²) in [4.78, 5) is 11.6. The van der Waals surface area contributed by atoms with Gasteiger partial charge in [0.1, 0.15) is 0 Å². The normalized spacial score (nSPS) is 44.5. The summed E-state index contributed by atoms with van der Waals surface area (Å²) in [7, 11) is 0. The predicted molar refractivity (Wildman–Crippen MR) is 138 cm³/mol. The molecule has 186 valence electrons. The van der Waals surface area contributed by atoms with E-state index in [1.165, 1.54) is 68.9 Å². The molecule has 8 unspecified atom stereocenters. The van der Waals surface area contributed by atoms with Crippen molar-refractivity contribution in [3.05, 3.63) is 24.3 Å². The van der Waals surface area contributed by atoms with Crippen molar-refractivity contribution in [2.75, 3.05) is 0 Å². The summed E-state index contributed by atoms with van der Waals surface area (Å²) in [5.41, 5.74) is 4.11. The molecule has 2 nitrogen and oxygen atoms in total. The van der Waals surface area contributed by atoms with Crippen LogP contribution in [0.15, 0.2) is 24.3 Å². The lowest BCUT2D eigenvalue weighted by Gasteiger charge is -2.61. The Hall–Kier alpha value is -1.05. The molecular weight excluding hydrogens is 404 g/mol. The minimum atomic E-state index is -0.626. The van der Waals surface area contributed by atoms with Crippen LogP contribution in [0.2, 0.25) is 0 Å². The van der Waals surface area contributed by atoms with Crippen molar-refractivity contribution in [1.82, 2.24) is 0 Å². The zero-order valence-corrected chi connectivity index (χ0v) is 22.4. The van der Waals surface area contributed by atoms with Crippen LogP contribution in [0.3, 0.4) is 0 Å². The number of allylic oxidation sites excluding steroid dienone is 2. The van der Waals surface area contributed by atoms with Crippen LogP contribution < -0.4 is 0 Å². The molecule has 0 radical (unpaired) electrons. The Morgan fingerprint density at radius 1 is 1.00 bits per heavy atom. The number of carbonyl (C=O) groups is 1. The number of hydrogen-bond acceptors (Lipinski definition) is 1. The Bertz CT molecular complexity index is 825. The van der Waals surface area contributed by atoms with Gasteiger partial charge in [-0.1, -0.05) is 58.9 Å². The van der Waals surface area contributed by atoms with E-state index in [0.717, 1.165) is 24.2 Å². The van der Waals surface area contributed by atoms with Crippen LogP contribution in [0.4, 0.5) is 0 Å². The van der Waals surface area contributed by atoms with Crippen LogP contribution in [0.1, 0.15) is 112 Å². The van der Waals surface area contributed by atoms with Gasteiger partial charge in [-0.05, 0) is 122 Å². The standard InChI is InChI=1S/C31H50O2/c1-20(2)22(5)9-10-23(6)25-13-15-29(8)26-12-11-24(21(3)4)30(16-14-27(32)33)19-31(26,30)18-17-28(25,29)7/h20,23-26H,3,5,9-19H2,1-2,4,6-8H3,(H,32,33). The third-order valence-electron chi connectivity index (χ3n) is 12.3. The van der Waals surface area contributed by atoms with Crippen LogP contribution in [-0.2, 0) is 4.79 Å². The quantitative estimate of drug-likeness (QED) is 0.354. The average molecular weight is 455 g/mol. The highest BCUT2D eigenvalue weighted by Gasteiger charge is 2.80. The molecule has 4 saturated carbocycles. The molecule has 0 aliphatic heterocycles. The van der Waals surface area contributed by atoms with Gasteiger partial charge in [-0.25, -0.2) is 0 Å². The summed E-state index contributed by atoms with van der Waals surface area (Å²) in [6.07, 6.45) is 12.8. The van der Waals surface area contributed by atoms with Gasteiger partial charge in [0.25, 0.3) is 0 Å². The number of carboxylic acids is 1. The smallest absolute Gasteiger partial charge is 0.303 e. The van der Waals surface area contributed by atoms with Crippen molar-refractivity contribution in [2.45, 2.75) is 112 Å². The summed E-state index contributed by atoms with van der Waals surface area (Å²) in [5, 5.41) is 9.53. The maximum atomic E-state index is 11.6. The number of aliphatic carboxylic acids is 1. The summed E-state index contributed by atoms with van der Waals surface area (Å²) >= 11 is 0. The molecule has 0 aromatic rings. The molecule has 1 spiro atoms. The number of carboxylic acid groups (broad SMARTS) is 1. The van der Waals surface area contributed by atoms with E-state index >= 15 is 0 Å². The maximum absolute atomic E-state index is 11.6. The lowest BCUT2D eigenvalue weighted by atomic mass is 9.43. The summed E-state index contributed by atoms with van der Waals surface area (Å²) < 4.78 is 0.